The van der Waals surface area contributed by atoms with E-state index in [0.29, 0.717) is 17.0 Å². The highest BCUT2D eigenvalue weighted by Crippen LogP contribution is 2.32. The molecule has 3 atom stereocenters. The molecule has 0 spiro atoms. The zero-order chi connectivity index (χ0) is 20.7. The number of nitrogens with zero attached hydrogens (tertiary/aromatic N) is 4. The van der Waals surface area contributed by atoms with E-state index in [0.717, 1.165) is 12.8 Å². The third-order valence-electron chi connectivity index (χ3n) is 5.13. The molecule has 7 nitrogen and oxygen atoms in total. The van der Waals surface area contributed by atoms with Gasteiger partial charge in [-0.15, -0.1) is 11.3 Å². The minimum Gasteiger partial charge on any atom is -0.369 e. The van der Waals surface area contributed by atoms with Gasteiger partial charge in [0.25, 0.3) is 0 Å². The third kappa shape index (κ3) is 5.01. The van der Waals surface area contributed by atoms with Gasteiger partial charge in [0.05, 0.1) is 29.2 Å². The topological polar surface area (TPSA) is 95.4 Å². The summed E-state index contributed by atoms with van der Waals surface area (Å²) in [5.41, 5.74) is 9.69. The molecular weight excluding hydrogens is 376 g/mol. The van der Waals surface area contributed by atoms with Crippen molar-refractivity contribution < 1.29 is 14.3 Å². The molecule has 0 aliphatic heterocycles. The van der Waals surface area contributed by atoms with Gasteiger partial charge >= 0.3 is 0 Å². The highest BCUT2D eigenvalue weighted by atomic mass is 32.1. The molecule has 8 heteroatoms. The van der Waals surface area contributed by atoms with Crippen LogP contribution in [-0.2, 0) is 9.53 Å². The zero-order valence-electron chi connectivity index (χ0n) is 16.9. The van der Waals surface area contributed by atoms with Crippen LogP contribution in [0, 0.1) is 0 Å². The van der Waals surface area contributed by atoms with Crippen LogP contribution in [0.3, 0.4) is 0 Å². The van der Waals surface area contributed by atoms with Crippen LogP contribution in [0.5, 0.6) is 0 Å². The number of azide groups is 1. The van der Waals surface area contributed by atoms with Crippen molar-refractivity contribution in [1.29, 1.82) is 0 Å². The maximum atomic E-state index is 12.9. The van der Waals surface area contributed by atoms with Gasteiger partial charge in [0.1, 0.15) is 0 Å². The number of carbonyl (C=O) groups excluding carboxylic acids is 2. The molecule has 0 N–H and O–H groups in total. The Morgan fingerprint density at radius 2 is 2.11 bits per heavy atom. The molecule has 0 bridgehead atoms. The Hall–Kier alpha value is -2.15. The predicted molar refractivity (Wildman–Crippen MR) is 110 cm³/mol. The molecule has 0 saturated carbocycles. The van der Waals surface area contributed by atoms with Gasteiger partial charge in [0, 0.05) is 24.0 Å². The molecule has 0 radical (unpaired) electrons. The van der Waals surface area contributed by atoms with Crippen molar-refractivity contribution >= 4 is 23.0 Å². The lowest BCUT2D eigenvalue weighted by Gasteiger charge is -2.42. The van der Waals surface area contributed by atoms with Crippen molar-refractivity contribution in [2.24, 2.45) is 5.11 Å². The second kappa shape index (κ2) is 10.4. The van der Waals surface area contributed by atoms with E-state index in [2.05, 4.69) is 10.0 Å². The van der Waals surface area contributed by atoms with E-state index in [1.165, 1.54) is 18.3 Å². The standard InChI is InChI=1S/C20H28N4O3S/c1-5-15(6-2)27-17-12-14(20(26)18-9-8-10-28-18)11-16(22-23-21)19(17)24(7-3)13(4)25/h8-10,12,15-17,19H,5-7,11H2,1-4H3/t16?,17-,19-/m1/s1. The van der Waals surface area contributed by atoms with Gasteiger partial charge in [-0.25, -0.2) is 0 Å². The normalized spacial score (nSPS) is 21.8. The molecule has 0 fully saturated rings. The number of rotatable bonds is 9. The first-order chi connectivity index (χ1) is 13.5. The molecule has 1 amide bonds. The van der Waals surface area contributed by atoms with Crippen LogP contribution in [0.2, 0.25) is 0 Å². The molecule has 152 valence electrons. The number of hydrogen-bond acceptors (Lipinski definition) is 5. The zero-order valence-corrected chi connectivity index (χ0v) is 17.7. The Bertz CT molecular complexity index is 752. The third-order valence-corrected chi connectivity index (χ3v) is 6.00. The van der Waals surface area contributed by atoms with Crippen LogP contribution in [-0.4, -0.2) is 47.4 Å². The molecule has 0 aromatic carbocycles. The van der Waals surface area contributed by atoms with Gasteiger partial charge in [-0.05, 0) is 49.2 Å². The first-order valence-electron chi connectivity index (χ1n) is 9.72. The van der Waals surface area contributed by atoms with E-state index in [4.69, 9.17) is 10.3 Å². The van der Waals surface area contributed by atoms with Gasteiger partial charge in [-0.1, -0.05) is 25.0 Å². The summed E-state index contributed by atoms with van der Waals surface area (Å²) in [6, 6.07) is 2.63. The molecule has 1 heterocycles. The average molecular weight is 405 g/mol. The molecule has 1 aromatic heterocycles. The summed E-state index contributed by atoms with van der Waals surface area (Å²) < 4.78 is 6.31. The number of Topliss-reactive ketones (excluding diaryl/α,β-unsaturated/α-hetero) is 1. The fourth-order valence-corrected chi connectivity index (χ4v) is 4.39. The van der Waals surface area contributed by atoms with Crippen LogP contribution >= 0.6 is 11.3 Å². The lowest BCUT2D eigenvalue weighted by Crippen LogP contribution is -2.55. The molecule has 1 aromatic rings. The minimum absolute atomic E-state index is 0.00248. The summed E-state index contributed by atoms with van der Waals surface area (Å²) in [6.07, 6.45) is 3.26. The first-order valence-corrected chi connectivity index (χ1v) is 10.6. The molecule has 1 aliphatic carbocycles. The van der Waals surface area contributed by atoms with Crippen LogP contribution in [0.25, 0.3) is 10.4 Å². The maximum Gasteiger partial charge on any atom is 0.219 e. The quantitative estimate of drug-likeness (QED) is 0.257. The summed E-state index contributed by atoms with van der Waals surface area (Å²) in [6.45, 7) is 7.95. The van der Waals surface area contributed by atoms with Crippen LogP contribution in [0.4, 0.5) is 0 Å². The molecule has 1 aliphatic rings. The van der Waals surface area contributed by atoms with E-state index < -0.39 is 18.2 Å². The van der Waals surface area contributed by atoms with Crippen molar-refractivity contribution in [3.63, 3.8) is 0 Å². The van der Waals surface area contributed by atoms with E-state index in [-0.39, 0.29) is 24.2 Å². The SMILES string of the molecule is CCC(CC)O[C@@H]1C=C(C(=O)c2cccs2)CC(N=[N+]=[N-])[C@H]1N(CC)C(C)=O. The number of hydrogen-bond donors (Lipinski definition) is 0. The number of ketones is 1. The lowest BCUT2D eigenvalue weighted by molar-refractivity contribution is -0.136. The Morgan fingerprint density at radius 1 is 1.39 bits per heavy atom. The molecular formula is C20H28N4O3S. The summed E-state index contributed by atoms with van der Waals surface area (Å²) in [7, 11) is 0. The van der Waals surface area contributed by atoms with E-state index >= 15 is 0 Å². The smallest absolute Gasteiger partial charge is 0.219 e. The van der Waals surface area contributed by atoms with Gasteiger partial charge in [-0.3, -0.25) is 9.59 Å². The highest BCUT2D eigenvalue weighted by Gasteiger charge is 2.40. The van der Waals surface area contributed by atoms with Crippen molar-refractivity contribution in [3.8, 4) is 0 Å². The van der Waals surface area contributed by atoms with Gasteiger partial charge in [-0.2, -0.15) is 0 Å². The Balaban J connectivity index is 2.49. The fraction of sp³-hybridized carbons (Fsp3) is 0.600. The second-order valence-electron chi connectivity index (χ2n) is 6.81. The Morgan fingerprint density at radius 3 is 2.61 bits per heavy atom. The first kappa shape index (κ1) is 22.1. The molecule has 2 rings (SSSR count). The van der Waals surface area contributed by atoms with Crippen LogP contribution in [0.1, 0.15) is 56.6 Å². The summed E-state index contributed by atoms with van der Waals surface area (Å²) in [5, 5.41) is 5.81. The summed E-state index contributed by atoms with van der Waals surface area (Å²) >= 11 is 1.38. The van der Waals surface area contributed by atoms with E-state index in [9.17, 15) is 9.59 Å². The number of thiophene rings is 1. The number of likely N-dealkylation sites (N-methyl/N-ethyl adjacent to an activating group) is 1. The highest BCUT2D eigenvalue weighted by molar-refractivity contribution is 7.12. The van der Waals surface area contributed by atoms with Crippen molar-refractivity contribution in [1.82, 2.24) is 4.90 Å². The Kier molecular flexibility index (Phi) is 8.23. The second-order valence-corrected chi connectivity index (χ2v) is 7.76. The molecule has 0 saturated heterocycles. The molecule has 1 unspecified atom stereocenters. The molecule has 28 heavy (non-hydrogen) atoms. The largest absolute Gasteiger partial charge is 0.369 e. The Labute approximate surface area is 170 Å². The fourth-order valence-electron chi connectivity index (χ4n) is 3.69. The summed E-state index contributed by atoms with van der Waals surface area (Å²) in [5.74, 6) is -0.180. The maximum absolute atomic E-state index is 12.9. The average Bonchev–Trinajstić information content (AvgIpc) is 3.22. The lowest BCUT2D eigenvalue weighted by atomic mass is 9.85. The summed E-state index contributed by atoms with van der Waals surface area (Å²) in [4.78, 5) is 30.5. The van der Waals surface area contributed by atoms with Crippen LogP contribution < -0.4 is 0 Å². The van der Waals surface area contributed by atoms with E-state index in [1.54, 1.807) is 11.0 Å². The number of ether oxygens (including phenoxy) is 1. The van der Waals surface area contributed by atoms with Gasteiger partial charge in [0.15, 0.2) is 5.78 Å². The van der Waals surface area contributed by atoms with Crippen molar-refractivity contribution in [2.75, 3.05) is 6.54 Å². The van der Waals surface area contributed by atoms with Gasteiger partial charge in [0.2, 0.25) is 5.91 Å². The number of carbonyl (C=O) groups is 2. The van der Waals surface area contributed by atoms with Crippen molar-refractivity contribution in [2.45, 2.75) is 71.2 Å². The van der Waals surface area contributed by atoms with E-state index in [1.807, 2.05) is 38.3 Å². The van der Waals surface area contributed by atoms with Gasteiger partial charge < -0.3 is 9.64 Å². The monoisotopic (exact) mass is 404 g/mol. The van der Waals surface area contributed by atoms with Crippen LogP contribution in [0.15, 0.2) is 34.3 Å². The minimum atomic E-state index is -0.558. The number of amides is 1. The predicted octanol–water partition coefficient (Wildman–Crippen LogP) is 4.75. The van der Waals surface area contributed by atoms with Crippen molar-refractivity contribution in [3.05, 3.63) is 44.5 Å².